The maximum atomic E-state index is 13.1. The van der Waals surface area contributed by atoms with E-state index < -0.39 is 43.6 Å². The minimum Gasteiger partial charge on any atom is -0.264 e. The number of halogens is 10. The third kappa shape index (κ3) is 4.19. The SMILES string of the molecule is O=C(F)C(F)(OC(F)(F)CF)C(F)(F)OC(F)(F)CF. The van der Waals surface area contributed by atoms with E-state index in [4.69, 9.17) is 0 Å². The highest BCUT2D eigenvalue weighted by atomic mass is 19.3. The lowest BCUT2D eigenvalue weighted by atomic mass is 10.3. The van der Waals surface area contributed by atoms with Crippen LogP contribution in [0.25, 0.3) is 0 Å². The Kier molecular flexibility index (Phi) is 5.40. The molecule has 0 aromatic rings. The molecule has 0 aliphatic carbocycles. The van der Waals surface area contributed by atoms with Gasteiger partial charge in [-0.1, -0.05) is 0 Å². The molecule has 0 aliphatic heterocycles. The van der Waals surface area contributed by atoms with Crippen LogP contribution in [0.2, 0.25) is 0 Å². The van der Waals surface area contributed by atoms with Gasteiger partial charge in [-0.3, -0.25) is 9.53 Å². The average molecular weight is 326 g/mol. The number of carbonyl (C=O) groups is 1. The highest BCUT2D eigenvalue weighted by Gasteiger charge is 2.71. The number of rotatable bonds is 8. The lowest BCUT2D eigenvalue weighted by Gasteiger charge is -2.32. The molecule has 0 N–H and O–H groups in total. The van der Waals surface area contributed by atoms with Gasteiger partial charge in [0.2, 0.25) is 0 Å². The summed E-state index contributed by atoms with van der Waals surface area (Å²) in [6.07, 6.45) is -17.3. The molecule has 0 amide bonds. The van der Waals surface area contributed by atoms with Crippen molar-refractivity contribution in [3.63, 3.8) is 0 Å². The van der Waals surface area contributed by atoms with Gasteiger partial charge in [0, 0.05) is 0 Å². The molecule has 120 valence electrons. The smallest absolute Gasteiger partial charge is 0.264 e. The highest BCUT2D eigenvalue weighted by molar-refractivity contribution is 5.77. The normalized spacial score (nSPS) is 16.9. The molecule has 0 saturated heterocycles. The highest BCUT2D eigenvalue weighted by Crippen LogP contribution is 2.43. The first kappa shape index (κ1) is 18.9. The summed E-state index contributed by atoms with van der Waals surface area (Å²) < 4.78 is 127. The van der Waals surface area contributed by atoms with Crippen LogP contribution in [0.4, 0.5) is 43.9 Å². The van der Waals surface area contributed by atoms with E-state index in [9.17, 15) is 48.7 Å². The van der Waals surface area contributed by atoms with Crippen LogP contribution in [-0.2, 0) is 14.3 Å². The molecule has 0 aromatic carbocycles. The van der Waals surface area contributed by atoms with Crippen molar-refractivity contribution in [3.05, 3.63) is 0 Å². The summed E-state index contributed by atoms with van der Waals surface area (Å²) >= 11 is 0. The van der Waals surface area contributed by atoms with Crippen LogP contribution in [0.15, 0.2) is 0 Å². The van der Waals surface area contributed by atoms with Crippen molar-refractivity contribution >= 4 is 6.04 Å². The second-order valence-electron chi connectivity index (χ2n) is 3.13. The molecule has 20 heavy (non-hydrogen) atoms. The van der Waals surface area contributed by atoms with Gasteiger partial charge in [0.1, 0.15) is 0 Å². The second-order valence-corrected chi connectivity index (χ2v) is 3.13. The molecule has 0 bridgehead atoms. The van der Waals surface area contributed by atoms with E-state index in [0.29, 0.717) is 0 Å². The molecule has 3 nitrogen and oxygen atoms in total. The van der Waals surface area contributed by atoms with E-state index in [1.165, 1.54) is 0 Å². The van der Waals surface area contributed by atoms with Gasteiger partial charge >= 0.3 is 30.2 Å². The van der Waals surface area contributed by atoms with Crippen LogP contribution in [0, 0.1) is 0 Å². The van der Waals surface area contributed by atoms with Gasteiger partial charge in [0.05, 0.1) is 0 Å². The molecule has 1 unspecified atom stereocenters. The van der Waals surface area contributed by atoms with Crippen LogP contribution in [0.1, 0.15) is 0 Å². The topological polar surface area (TPSA) is 35.5 Å². The summed E-state index contributed by atoms with van der Waals surface area (Å²) in [6.45, 7) is -5.99. The number of ether oxygens (including phenoxy) is 2. The summed E-state index contributed by atoms with van der Waals surface area (Å²) in [5.74, 6) is -6.11. The van der Waals surface area contributed by atoms with E-state index in [1.807, 2.05) is 0 Å². The van der Waals surface area contributed by atoms with E-state index in [0.717, 1.165) is 0 Å². The Hall–Kier alpha value is -1.11. The second kappa shape index (κ2) is 5.71. The van der Waals surface area contributed by atoms with Crippen LogP contribution < -0.4 is 0 Å². The van der Waals surface area contributed by atoms with E-state index >= 15 is 0 Å². The molecule has 0 aliphatic rings. The first-order valence-corrected chi connectivity index (χ1v) is 4.27. The van der Waals surface area contributed by atoms with Gasteiger partial charge in [-0.25, -0.2) is 13.5 Å². The minimum atomic E-state index is -6.38. The van der Waals surface area contributed by atoms with Crippen molar-refractivity contribution in [2.75, 3.05) is 13.3 Å². The van der Waals surface area contributed by atoms with Crippen molar-refractivity contribution in [2.45, 2.75) is 24.2 Å². The van der Waals surface area contributed by atoms with Gasteiger partial charge in [-0.05, 0) is 0 Å². The number of alkyl halides is 9. The number of hydrogen-bond acceptors (Lipinski definition) is 3. The molecular formula is C7H4F10O3. The molecule has 1 atom stereocenters. The Bertz CT molecular complexity index is 359. The number of hydrogen-bond donors (Lipinski definition) is 0. The van der Waals surface area contributed by atoms with Crippen molar-refractivity contribution in [1.29, 1.82) is 0 Å². The molecular weight excluding hydrogens is 322 g/mol. The zero-order chi connectivity index (χ0) is 16.4. The minimum absolute atomic E-state index is 2.13. The van der Waals surface area contributed by atoms with Crippen LogP contribution in [-0.4, -0.2) is 43.6 Å². The summed E-state index contributed by atoms with van der Waals surface area (Å²) in [7, 11) is 0. The first-order chi connectivity index (χ1) is 8.73. The zero-order valence-corrected chi connectivity index (χ0v) is 8.92. The Morgan fingerprint density at radius 1 is 0.800 bits per heavy atom. The number of carbonyl (C=O) groups excluding carboxylic acids is 1. The fourth-order valence-electron chi connectivity index (χ4n) is 0.727. The van der Waals surface area contributed by atoms with Gasteiger partial charge in [-0.15, -0.1) is 0 Å². The van der Waals surface area contributed by atoms with Crippen LogP contribution in [0.5, 0.6) is 0 Å². The Labute approximate surface area is 103 Å². The van der Waals surface area contributed by atoms with Crippen molar-refractivity contribution in [2.24, 2.45) is 0 Å². The molecule has 0 heterocycles. The Balaban J connectivity index is 5.50. The van der Waals surface area contributed by atoms with Gasteiger partial charge in [-0.2, -0.15) is 35.1 Å². The van der Waals surface area contributed by atoms with Crippen molar-refractivity contribution < 1.29 is 58.2 Å². The molecule has 0 rings (SSSR count). The predicted molar refractivity (Wildman–Crippen MR) is 38.9 cm³/mol. The Morgan fingerprint density at radius 2 is 1.15 bits per heavy atom. The van der Waals surface area contributed by atoms with Crippen LogP contribution in [0.3, 0.4) is 0 Å². The third-order valence-corrected chi connectivity index (χ3v) is 1.51. The molecule has 0 radical (unpaired) electrons. The van der Waals surface area contributed by atoms with Crippen molar-refractivity contribution in [1.82, 2.24) is 0 Å². The maximum Gasteiger partial charge on any atom is 0.430 e. The van der Waals surface area contributed by atoms with E-state index in [1.54, 1.807) is 0 Å². The predicted octanol–water partition coefficient (Wildman–Crippen LogP) is 2.90. The fraction of sp³-hybridized carbons (Fsp3) is 0.857. The average Bonchev–Trinajstić information content (AvgIpc) is 2.26. The van der Waals surface area contributed by atoms with E-state index in [2.05, 4.69) is 9.47 Å². The lowest BCUT2D eigenvalue weighted by molar-refractivity contribution is -0.468. The first-order valence-electron chi connectivity index (χ1n) is 4.27. The molecule has 0 fully saturated rings. The summed E-state index contributed by atoms with van der Waals surface area (Å²) in [5, 5.41) is 0. The summed E-state index contributed by atoms with van der Waals surface area (Å²) in [6, 6.07) is -4.02. The van der Waals surface area contributed by atoms with Gasteiger partial charge in [0.15, 0.2) is 13.3 Å². The zero-order valence-electron chi connectivity index (χ0n) is 8.92. The van der Waals surface area contributed by atoms with Gasteiger partial charge < -0.3 is 0 Å². The quantitative estimate of drug-likeness (QED) is 0.508. The summed E-state index contributed by atoms with van der Waals surface area (Å²) in [4.78, 5) is 9.96. The molecule has 0 saturated carbocycles. The summed E-state index contributed by atoms with van der Waals surface area (Å²) in [5.41, 5.74) is 0. The monoisotopic (exact) mass is 326 g/mol. The standard InChI is InChI=1S/C7H4F10O3/c8-1-4(11,12)19-6(15,3(10)18)7(16,17)20-5(13,14)2-9/h1-2H2. The fourth-order valence-corrected chi connectivity index (χ4v) is 0.727. The van der Waals surface area contributed by atoms with Crippen LogP contribution >= 0.6 is 0 Å². The maximum absolute atomic E-state index is 13.1. The third-order valence-electron chi connectivity index (χ3n) is 1.51. The van der Waals surface area contributed by atoms with E-state index in [-0.39, 0.29) is 0 Å². The Morgan fingerprint density at radius 3 is 1.45 bits per heavy atom. The lowest BCUT2D eigenvalue weighted by Crippen LogP contribution is -2.58. The largest absolute Gasteiger partial charge is 0.430 e. The molecule has 0 aromatic heterocycles. The van der Waals surface area contributed by atoms with Crippen molar-refractivity contribution in [3.8, 4) is 0 Å². The molecule has 13 heteroatoms. The van der Waals surface area contributed by atoms with Gasteiger partial charge in [0.25, 0.3) is 0 Å². The molecule has 0 spiro atoms.